The van der Waals surface area contributed by atoms with Crippen LogP contribution in [-0.2, 0) is 27.0 Å². The van der Waals surface area contributed by atoms with Crippen molar-refractivity contribution in [2.75, 3.05) is 20.2 Å². The molecule has 0 N–H and O–H groups in total. The lowest BCUT2D eigenvalue weighted by Gasteiger charge is -2.15. The van der Waals surface area contributed by atoms with Gasteiger partial charge in [0.1, 0.15) is 13.1 Å². The van der Waals surface area contributed by atoms with Crippen molar-refractivity contribution in [3.8, 4) is 0 Å². The van der Waals surface area contributed by atoms with Crippen LogP contribution in [0.15, 0.2) is 12.3 Å². The monoisotopic (exact) mass is 293 g/mol. The standard InChI is InChI=1S/C11H14F3N3O3/c1-3-20-10(19)7-16(2)9(18)6-17-5-4-8(15-17)11(12,13)14/h4-5H,3,6-7H2,1-2H3. The molecule has 112 valence electrons. The van der Waals surface area contributed by atoms with Crippen molar-refractivity contribution in [1.82, 2.24) is 14.7 Å². The summed E-state index contributed by atoms with van der Waals surface area (Å²) in [7, 11) is 1.35. The first-order valence-corrected chi connectivity index (χ1v) is 5.74. The molecule has 0 aromatic carbocycles. The Morgan fingerprint density at radius 3 is 2.60 bits per heavy atom. The molecule has 0 bridgehead atoms. The number of hydrogen-bond donors (Lipinski definition) is 0. The maximum atomic E-state index is 12.3. The van der Waals surface area contributed by atoms with Gasteiger partial charge in [0.05, 0.1) is 6.61 Å². The van der Waals surface area contributed by atoms with Crippen LogP contribution in [0.2, 0.25) is 0 Å². The lowest BCUT2D eigenvalue weighted by atomic mass is 10.4. The molecule has 1 aromatic heterocycles. The minimum atomic E-state index is -4.55. The van der Waals surface area contributed by atoms with Crippen LogP contribution in [0.5, 0.6) is 0 Å². The van der Waals surface area contributed by atoms with Gasteiger partial charge in [0.15, 0.2) is 5.69 Å². The van der Waals surface area contributed by atoms with E-state index in [0.717, 1.165) is 21.8 Å². The number of halogens is 3. The minimum Gasteiger partial charge on any atom is -0.465 e. The predicted octanol–water partition coefficient (Wildman–Crippen LogP) is 0.923. The third-order valence-corrected chi connectivity index (χ3v) is 2.33. The van der Waals surface area contributed by atoms with Crippen molar-refractivity contribution in [3.05, 3.63) is 18.0 Å². The van der Waals surface area contributed by atoms with Crippen molar-refractivity contribution < 1.29 is 27.5 Å². The maximum Gasteiger partial charge on any atom is 0.435 e. The number of ether oxygens (including phenoxy) is 1. The second kappa shape index (κ2) is 6.40. The maximum absolute atomic E-state index is 12.3. The highest BCUT2D eigenvalue weighted by Crippen LogP contribution is 2.27. The Balaban J connectivity index is 2.57. The Bertz CT molecular complexity index is 485. The quantitative estimate of drug-likeness (QED) is 0.757. The van der Waals surface area contributed by atoms with E-state index in [-0.39, 0.29) is 19.7 Å². The number of likely N-dealkylation sites (N-methyl/N-ethyl adjacent to an activating group) is 1. The summed E-state index contributed by atoms with van der Waals surface area (Å²) >= 11 is 0. The summed E-state index contributed by atoms with van der Waals surface area (Å²) in [4.78, 5) is 23.9. The van der Waals surface area contributed by atoms with Crippen LogP contribution in [0.1, 0.15) is 12.6 Å². The van der Waals surface area contributed by atoms with Gasteiger partial charge >= 0.3 is 12.1 Å². The van der Waals surface area contributed by atoms with Crippen LogP contribution in [0, 0.1) is 0 Å². The van der Waals surface area contributed by atoms with Crippen LogP contribution in [0.4, 0.5) is 13.2 Å². The Hall–Kier alpha value is -2.06. The average molecular weight is 293 g/mol. The SMILES string of the molecule is CCOC(=O)CN(C)C(=O)Cn1ccc(C(F)(F)F)n1. The molecule has 1 aromatic rings. The number of esters is 1. The third kappa shape index (κ3) is 4.56. The van der Waals surface area contributed by atoms with Crippen molar-refractivity contribution >= 4 is 11.9 Å². The number of carbonyl (C=O) groups is 2. The second-order valence-corrected chi connectivity index (χ2v) is 3.95. The first-order chi connectivity index (χ1) is 9.24. The van der Waals surface area contributed by atoms with Gasteiger partial charge in [0.2, 0.25) is 5.91 Å². The highest BCUT2D eigenvalue weighted by molar-refractivity contribution is 5.81. The van der Waals surface area contributed by atoms with E-state index in [0.29, 0.717) is 0 Å². The molecule has 9 heteroatoms. The molecule has 1 heterocycles. The summed E-state index contributed by atoms with van der Waals surface area (Å²) < 4.78 is 42.5. The molecule has 0 aliphatic heterocycles. The van der Waals surface area contributed by atoms with Crippen molar-refractivity contribution in [2.45, 2.75) is 19.6 Å². The van der Waals surface area contributed by atoms with E-state index in [9.17, 15) is 22.8 Å². The van der Waals surface area contributed by atoms with Crippen LogP contribution in [0.3, 0.4) is 0 Å². The summed E-state index contributed by atoms with van der Waals surface area (Å²) in [6.45, 7) is 1.17. The fourth-order valence-electron chi connectivity index (χ4n) is 1.35. The molecule has 0 spiro atoms. The van der Waals surface area contributed by atoms with Crippen molar-refractivity contribution in [2.24, 2.45) is 0 Å². The number of aromatic nitrogens is 2. The predicted molar refractivity (Wildman–Crippen MR) is 61.5 cm³/mol. The van der Waals surface area contributed by atoms with E-state index >= 15 is 0 Å². The zero-order valence-corrected chi connectivity index (χ0v) is 11.0. The first kappa shape index (κ1) is 16.0. The highest BCUT2D eigenvalue weighted by atomic mass is 19.4. The van der Waals surface area contributed by atoms with Crippen molar-refractivity contribution in [3.63, 3.8) is 0 Å². The Kier molecular flexibility index (Phi) is 5.12. The van der Waals surface area contributed by atoms with Crippen LogP contribution >= 0.6 is 0 Å². The van der Waals surface area contributed by atoms with Gasteiger partial charge in [-0.15, -0.1) is 0 Å². The molecule has 1 rings (SSSR count). The van der Waals surface area contributed by atoms with Gasteiger partial charge in [-0.05, 0) is 13.0 Å². The second-order valence-electron chi connectivity index (χ2n) is 3.95. The number of alkyl halides is 3. The summed E-state index contributed by atoms with van der Waals surface area (Å²) in [5, 5.41) is 3.25. The van der Waals surface area contributed by atoms with E-state index < -0.39 is 23.7 Å². The lowest BCUT2D eigenvalue weighted by molar-refractivity contribution is -0.148. The van der Waals surface area contributed by atoms with E-state index in [2.05, 4.69) is 9.84 Å². The number of rotatable bonds is 5. The molecule has 20 heavy (non-hydrogen) atoms. The molecule has 0 saturated heterocycles. The first-order valence-electron chi connectivity index (χ1n) is 5.74. The molecule has 0 aliphatic rings. The van der Waals surface area contributed by atoms with E-state index in [4.69, 9.17) is 0 Å². The van der Waals surface area contributed by atoms with Gasteiger partial charge in [-0.3, -0.25) is 14.3 Å². The zero-order chi connectivity index (χ0) is 15.3. The normalized spacial score (nSPS) is 11.2. The highest BCUT2D eigenvalue weighted by Gasteiger charge is 2.33. The van der Waals surface area contributed by atoms with Crippen LogP contribution in [-0.4, -0.2) is 46.8 Å². The molecular weight excluding hydrogens is 279 g/mol. The Labute approximate surface area is 113 Å². The molecule has 6 nitrogen and oxygen atoms in total. The summed E-state index contributed by atoms with van der Waals surface area (Å²) in [6.07, 6.45) is -3.50. The number of hydrogen-bond acceptors (Lipinski definition) is 4. The Morgan fingerprint density at radius 2 is 2.10 bits per heavy atom. The molecule has 0 atom stereocenters. The number of carbonyl (C=O) groups excluding carboxylic acids is 2. The van der Waals surface area contributed by atoms with Gasteiger partial charge in [0, 0.05) is 13.2 Å². The molecule has 0 aliphatic carbocycles. The van der Waals surface area contributed by atoms with Gasteiger partial charge in [-0.1, -0.05) is 0 Å². The van der Waals surface area contributed by atoms with Gasteiger partial charge in [-0.25, -0.2) is 0 Å². The van der Waals surface area contributed by atoms with Gasteiger partial charge < -0.3 is 9.64 Å². The van der Waals surface area contributed by atoms with E-state index in [1.54, 1.807) is 6.92 Å². The van der Waals surface area contributed by atoms with E-state index in [1.807, 2.05) is 0 Å². The number of nitrogens with zero attached hydrogens (tertiary/aromatic N) is 3. The molecule has 0 radical (unpaired) electrons. The van der Waals surface area contributed by atoms with Gasteiger partial charge in [-0.2, -0.15) is 18.3 Å². The third-order valence-electron chi connectivity index (χ3n) is 2.33. The minimum absolute atomic E-state index is 0.189. The zero-order valence-electron chi connectivity index (χ0n) is 11.0. The molecule has 0 fully saturated rings. The molecular formula is C11H14F3N3O3. The van der Waals surface area contributed by atoms with Gasteiger partial charge in [0.25, 0.3) is 0 Å². The fraction of sp³-hybridized carbons (Fsp3) is 0.545. The summed E-state index contributed by atoms with van der Waals surface area (Å²) in [5.41, 5.74) is -1.07. The topological polar surface area (TPSA) is 64.4 Å². The molecule has 1 amide bonds. The van der Waals surface area contributed by atoms with Crippen molar-refractivity contribution in [1.29, 1.82) is 0 Å². The lowest BCUT2D eigenvalue weighted by Crippen LogP contribution is -2.35. The fourth-order valence-corrected chi connectivity index (χ4v) is 1.35. The molecule has 0 unspecified atom stereocenters. The largest absolute Gasteiger partial charge is 0.465 e. The van der Waals surface area contributed by atoms with Crippen LogP contribution in [0.25, 0.3) is 0 Å². The average Bonchev–Trinajstić information content (AvgIpc) is 2.77. The number of amides is 1. The van der Waals surface area contributed by atoms with Crippen LogP contribution < -0.4 is 0 Å². The smallest absolute Gasteiger partial charge is 0.435 e. The summed E-state index contributed by atoms with van der Waals surface area (Å²) in [5.74, 6) is -1.13. The molecule has 0 saturated carbocycles. The van der Waals surface area contributed by atoms with E-state index in [1.165, 1.54) is 7.05 Å². The Morgan fingerprint density at radius 1 is 1.45 bits per heavy atom. The summed E-state index contributed by atoms with van der Waals surface area (Å²) in [6, 6.07) is 0.776.